The number of amides is 3. The molecule has 10 heteroatoms. The van der Waals surface area contributed by atoms with Gasteiger partial charge >= 0.3 is 0 Å². The van der Waals surface area contributed by atoms with Crippen molar-refractivity contribution < 1.29 is 14.4 Å². The molecule has 5 rings (SSSR count). The summed E-state index contributed by atoms with van der Waals surface area (Å²) in [6.07, 6.45) is 7.83. The molecule has 0 spiro atoms. The van der Waals surface area contributed by atoms with E-state index in [9.17, 15) is 14.4 Å². The molecule has 7 nitrogen and oxygen atoms in total. The second-order valence-electron chi connectivity index (χ2n) is 8.33. The molecule has 1 aromatic carbocycles. The highest BCUT2D eigenvalue weighted by Crippen LogP contribution is 2.39. The van der Waals surface area contributed by atoms with Crippen LogP contribution < -0.4 is 10.6 Å². The average molecular weight is 535 g/mol. The normalized spacial score (nSPS) is 15.9. The third-order valence-corrected chi connectivity index (χ3v) is 8.43. The molecule has 2 aromatic heterocycles. The van der Waals surface area contributed by atoms with Gasteiger partial charge < -0.3 is 10.6 Å². The number of thioether (sulfide) groups is 1. The van der Waals surface area contributed by atoms with Crippen molar-refractivity contribution in [1.29, 1.82) is 0 Å². The van der Waals surface area contributed by atoms with Crippen LogP contribution in [0.15, 0.2) is 59.8 Å². The highest BCUT2D eigenvalue weighted by molar-refractivity contribution is 8.26. The van der Waals surface area contributed by atoms with Gasteiger partial charge in [-0.25, -0.2) is 0 Å². The Hall–Kier alpha value is -3.34. The molecule has 3 heterocycles. The van der Waals surface area contributed by atoms with Gasteiger partial charge in [0.2, 0.25) is 5.91 Å². The fourth-order valence-electron chi connectivity index (χ4n) is 4.15. The summed E-state index contributed by atoms with van der Waals surface area (Å²) in [5.74, 6) is -0.925. The predicted octanol–water partition coefficient (Wildman–Crippen LogP) is 4.40. The first-order valence-corrected chi connectivity index (χ1v) is 13.5. The molecule has 0 saturated carbocycles. The molecule has 3 aromatic rings. The van der Waals surface area contributed by atoms with Gasteiger partial charge in [0.05, 0.1) is 10.5 Å². The van der Waals surface area contributed by atoms with Gasteiger partial charge in [-0.15, -0.1) is 11.3 Å². The first-order valence-electron chi connectivity index (χ1n) is 11.4. The summed E-state index contributed by atoms with van der Waals surface area (Å²) in [5.41, 5.74) is 3.29. The monoisotopic (exact) mass is 534 g/mol. The molecule has 182 valence electrons. The smallest absolute Gasteiger partial charge is 0.266 e. The Labute approximate surface area is 222 Å². The summed E-state index contributed by atoms with van der Waals surface area (Å²) in [5, 5.41) is 6.33. The van der Waals surface area contributed by atoms with E-state index in [-0.39, 0.29) is 18.4 Å². The Morgan fingerprint density at radius 3 is 2.75 bits per heavy atom. The van der Waals surface area contributed by atoms with Gasteiger partial charge in [0, 0.05) is 23.8 Å². The van der Waals surface area contributed by atoms with Crippen LogP contribution in [0.2, 0.25) is 0 Å². The standard InChI is InChI=1S/C26H22N4O3S3/c31-21(15-30-25(33)20(36-26(30)34)12-16-6-2-1-3-7-16)29-24-22(18-9-4-10-19(18)35-24)23(32)28-14-17-8-5-11-27-13-17/h1-3,5-8,11-13H,4,9-10,14-15H2,(H,28,32)(H,29,31)/b20-12-. The lowest BCUT2D eigenvalue weighted by atomic mass is 10.1. The van der Waals surface area contributed by atoms with Gasteiger partial charge in [-0.3, -0.25) is 24.3 Å². The number of carbonyl (C=O) groups is 3. The molecule has 1 aliphatic heterocycles. The van der Waals surface area contributed by atoms with Crippen molar-refractivity contribution in [3.63, 3.8) is 0 Å². The number of fused-ring (bicyclic) bond motifs is 1. The SMILES string of the molecule is O=C(CN1C(=O)/C(=C/c2ccccc2)SC1=S)Nc1sc2c(c1C(=O)NCc1cccnc1)CCC2. The van der Waals surface area contributed by atoms with E-state index < -0.39 is 5.91 Å². The van der Waals surface area contributed by atoms with Crippen molar-refractivity contribution in [2.45, 2.75) is 25.8 Å². The fourth-order valence-corrected chi connectivity index (χ4v) is 6.71. The minimum atomic E-state index is -0.395. The highest BCUT2D eigenvalue weighted by atomic mass is 32.2. The zero-order valence-electron chi connectivity index (χ0n) is 19.2. The molecular formula is C26H22N4O3S3. The number of thiocarbonyl (C=S) groups is 1. The Bertz CT molecular complexity index is 1370. The van der Waals surface area contributed by atoms with Crippen LogP contribution in [0, 0.1) is 0 Å². The molecule has 1 saturated heterocycles. The highest BCUT2D eigenvalue weighted by Gasteiger charge is 2.34. The fraction of sp³-hybridized carbons (Fsp3) is 0.192. The average Bonchev–Trinajstić information content (AvgIpc) is 3.54. The van der Waals surface area contributed by atoms with Gasteiger partial charge in [-0.2, -0.15) is 0 Å². The van der Waals surface area contributed by atoms with Crippen LogP contribution in [-0.2, 0) is 29.0 Å². The third kappa shape index (κ3) is 5.25. The quantitative estimate of drug-likeness (QED) is 0.345. The van der Waals surface area contributed by atoms with Gasteiger partial charge in [-0.1, -0.05) is 60.4 Å². The number of thiophene rings is 1. The molecule has 2 N–H and O–H groups in total. The first-order chi connectivity index (χ1) is 17.5. The van der Waals surface area contributed by atoms with E-state index >= 15 is 0 Å². The number of hydrogen-bond acceptors (Lipinski definition) is 7. The molecule has 3 amide bonds. The van der Waals surface area contributed by atoms with Crippen molar-refractivity contribution in [3.05, 3.63) is 86.9 Å². The number of anilines is 1. The van der Waals surface area contributed by atoms with E-state index in [0.717, 1.165) is 40.8 Å². The molecule has 36 heavy (non-hydrogen) atoms. The topological polar surface area (TPSA) is 91.4 Å². The number of benzene rings is 1. The zero-order valence-corrected chi connectivity index (χ0v) is 21.6. The largest absolute Gasteiger partial charge is 0.348 e. The minimum absolute atomic E-state index is 0.212. The van der Waals surface area contributed by atoms with E-state index in [0.29, 0.717) is 26.3 Å². The number of hydrogen-bond donors (Lipinski definition) is 2. The Balaban J connectivity index is 1.28. The lowest BCUT2D eigenvalue weighted by Crippen LogP contribution is -2.36. The van der Waals surface area contributed by atoms with Crippen molar-refractivity contribution in [1.82, 2.24) is 15.2 Å². The molecule has 0 atom stereocenters. The number of aryl methyl sites for hydroxylation is 1. The van der Waals surface area contributed by atoms with E-state index in [1.165, 1.54) is 28.0 Å². The predicted molar refractivity (Wildman–Crippen MR) is 147 cm³/mol. The summed E-state index contributed by atoms with van der Waals surface area (Å²) in [6.45, 7) is 0.130. The lowest BCUT2D eigenvalue weighted by Gasteiger charge is -2.14. The van der Waals surface area contributed by atoms with Crippen LogP contribution in [0.1, 0.15) is 38.3 Å². The Kier molecular flexibility index (Phi) is 7.26. The Morgan fingerprint density at radius 1 is 1.14 bits per heavy atom. The molecule has 2 aliphatic rings. The van der Waals surface area contributed by atoms with Crippen molar-refractivity contribution in [2.24, 2.45) is 0 Å². The number of aromatic nitrogens is 1. The number of rotatable bonds is 7. The molecule has 0 unspecified atom stereocenters. The van der Waals surface area contributed by atoms with Gasteiger partial charge in [0.15, 0.2) is 0 Å². The number of pyridine rings is 1. The zero-order chi connectivity index (χ0) is 25.1. The maximum Gasteiger partial charge on any atom is 0.266 e. The van der Waals surface area contributed by atoms with Crippen molar-refractivity contribution >= 4 is 68.4 Å². The summed E-state index contributed by atoms with van der Waals surface area (Å²) in [6, 6.07) is 13.2. The second kappa shape index (κ2) is 10.7. The number of nitrogens with zero attached hydrogens (tertiary/aromatic N) is 2. The van der Waals surface area contributed by atoms with E-state index in [4.69, 9.17) is 12.2 Å². The maximum atomic E-state index is 13.1. The minimum Gasteiger partial charge on any atom is -0.348 e. The third-order valence-electron chi connectivity index (χ3n) is 5.85. The van der Waals surface area contributed by atoms with Crippen molar-refractivity contribution in [3.8, 4) is 0 Å². The second-order valence-corrected chi connectivity index (χ2v) is 11.1. The van der Waals surface area contributed by atoms with Crippen LogP contribution in [0.3, 0.4) is 0 Å². The summed E-state index contributed by atoms with van der Waals surface area (Å²) < 4.78 is 0.334. The molecule has 0 radical (unpaired) electrons. The first kappa shape index (κ1) is 24.4. The van der Waals surface area contributed by atoms with E-state index in [1.54, 1.807) is 18.5 Å². The van der Waals surface area contributed by atoms with Gasteiger partial charge in [0.25, 0.3) is 11.8 Å². The van der Waals surface area contributed by atoms with Crippen LogP contribution in [0.25, 0.3) is 6.08 Å². The Morgan fingerprint density at radius 2 is 1.97 bits per heavy atom. The maximum absolute atomic E-state index is 13.1. The molecule has 1 aliphatic carbocycles. The van der Waals surface area contributed by atoms with Crippen molar-refractivity contribution in [2.75, 3.05) is 11.9 Å². The lowest BCUT2D eigenvalue weighted by molar-refractivity contribution is -0.126. The van der Waals surface area contributed by atoms with E-state index in [1.807, 2.05) is 42.5 Å². The van der Waals surface area contributed by atoms with Gasteiger partial charge in [0.1, 0.15) is 15.9 Å². The van der Waals surface area contributed by atoms with E-state index in [2.05, 4.69) is 15.6 Å². The molecule has 0 bridgehead atoms. The van der Waals surface area contributed by atoms with Crippen LogP contribution in [0.4, 0.5) is 5.00 Å². The number of nitrogens with one attached hydrogen (secondary N) is 2. The van der Waals surface area contributed by atoms with Crippen LogP contribution in [-0.4, -0.2) is 38.5 Å². The van der Waals surface area contributed by atoms with Crippen LogP contribution >= 0.6 is 35.3 Å². The molecule has 1 fully saturated rings. The van der Waals surface area contributed by atoms with Crippen LogP contribution in [0.5, 0.6) is 0 Å². The van der Waals surface area contributed by atoms with Gasteiger partial charge in [-0.05, 0) is 48.1 Å². The molecular weight excluding hydrogens is 513 g/mol. The summed E-state index contributed by atoms with van der Waals surface area (Å²) in [7, 11) is 0. The summed E-state index contributed by atoms with van der Waals surface area (Å²) >= 11 is 7.99. The summed E-state index contributed by atoms with van der Waals surface area (Å²) in [4.78, 5) is 46.0. The number of carbonyl (C=O) groups excluding carboxylic acids is 3.